The van der Waals surface area contributed by atoms with Gasteiger partial charge in [0, 0.05) is 24.1 Å². The molecule has 0 spiro atoms. The van der Waals surface area contributed by atoms with Crippen molar-refractivity contribution < 1.29 is 14.3 Å². The monoisotopic (exact) mass is 393 g/mol. The molecular formula is C23H27N3O3. The second-order valence-electron chi connectivity index (χ2n) is 7.58. The van der Waals surface area contributed by atoms with Gasteiger partial charge >= 0.3 is 6.03 Å². The molecule has 2 aliphatic heterocycles. The molecule has 2 aromatic rings. The minimum Gasteiger partial charge on any atom is -0.496 e. The van der Waals surface area contributed by atoms with E-state index < -0.39 is 0 Å². The molecule has 0 aliphatic carbocycles. The molecule has 0 saturated carbocycles. The Bertz CT molecular complexity index is 892. The molecule has 6 heteroatoms. The number of fused-ring (bicyclic) bond motifs is 1. The largest absolute Gasteiger partial charge is 0.496 e. The number of nitrogens with zero attached hydrogens (tertiary/aromatic N) is 2. The van der Waals surface area contributed by atoms with E-state index in [2.05, 4.69) is 10.2 Å². The molecule has 1 N–H and O–H groups in total. The minimum atomic E-state index is -0.205. The summed E-state index contributed by atoms with van der Waals surface area (Å²) in [7, 11) is 1.60. The summed E-state index contributed by atoms with van der Waals surface area (Å²) in [5.74, 6) is 0.709. The smallest absolute Gasteiger partial charge is 0.326 e. The van der Waals surface area contributed by atoms with Gasteiger partial charge in [0.1, 0.15) is 5.75 Å². The van der Waals surface area contributed by atoms with Crippen LogP contribution in [0.4, 0.5) is 16.2 Å². The number of rotatable bonds is 6. The first-order valence-corrected chi connectivity index (χ1v) is 10.3. The van der Waals surface area contributed by atoms with Crippen LogP contribution in [0.2, 0.25) is 0 Å². The number of carbonyl (C=O) groups excluding carboxylic acids is 2. The van der Waals surface area contributed by atoms with Crippen molar-refractivity contribution in [1.82, 2.24) is 10.2 Å². The maximum Gasteiger partial charge on any atom is 0.326 e. The molecule has 0 bridgehead atoms. The zero-order valence-electron chi connectivity index (χ0n) is 16.8. The first-order chi connectivity index (χ1) is 14.2. The number of ketones is 1. The maximum absolute atomic E-state index is 13.0. The van der Waals surface area contributed by atoms with Crippen LogP contribution < -0.4 is 15.0 Å². The quantitative estimate of drug-likeness (QED) is 0.750. The summed E-state index contributed by atoms with van der Waals surface area (Å²) in [6, 6.07) is 12.9. The standard InChI is InChI=1S/C23H27N3O3/c1-29-22-15-17(21(27)10-13-25-11-6-3-7-12-25)14-20-19(22)16-24-23(28)26(20)18-8-4-2-5-9-18/h2,4-5,8-9,14-15H,3,6-7,10-13,16H2,1H3,(H,24,28). The van der Waals surface area contributed by atoms with Crippen molar-refractivity contribution >= 4 is 23.2 Å². The van der Waals surface area contributed by atoms with E-state index in [-0.39, 0.29) is 11.8 Å². The van der Waals surface area contributed by atoms with Crippen molar-refractivity contribution in [1.29, 1.82) is 0 Å². The molecule has 0 radical (unpaired) electrons. The van der Waals surface area contributed by atoms with Gasteiger partial charge in [-0.05, 0) is 50.2 Å². The second-order valence-corrected chi connectivity index (χ2v) is 7.58. The summed E-state index contributed by atoms with van der Waals surface area (Å²) >= 11 is 0. The zero-order valence-corrected chi connectivity index (χ0v) is 16.8. The highest BCUT2D eigenvalue weighted by Crippen LogP contribution is 2.38. The van der Waals surface area contributed by atoms with Crippen LogP contribution in [0.15, 0.2) is 42.5 Å². The van der Waals surface area contributed by atoms with E-state index in [4.69, 9.17) is 4.74 Å². The SMILES string of the molecule is COc1cc(C(=O)CCN2CCCCC2)cc2c1CNC(=O)N2c1ccccc1. The number of likely N-dealkylation sites (tertiary alicyclic amines) is 1. The fourth-order valence-electron chi connectivity index (χ4n) is 4.12. The summed E-state index contributed by atoms with van der Waals surface area (Å²) in [6.45, 7) is 3.30. The predicted octanol–water partition coefficient (Wildman–Crippen LogP) is 4.12. The Kier molecular flexibility index (Phi) is 5.81. The van der Waals surface area contributed by atoms with Crippen LogP contribution in [-0.4, -0.2) is 43.5 Å². The number of amides is 2. The van der Waals surface area contributed by atoms with E-state index in [0.29, 0.717) is 30.0 Å². The molecule has 0 unspecified atom stereocenters. The normalized spacial score (nSPS) is 16.9. The van der Waals surface area contributed by atoms with Gasteiger partial charge in [0.25, 0.3) is 0 Å². The molecule has 29 heavy (non-hydrogen) atoms. The first-order valence-electron chi connectivity index (χ1n) is 10.3. The molecule has 6 nitrogen and oxygen atoms in total. The number of methoxy groups -OCH3 is 1. The number of benzene rings is 2. The van der Waals surface area contributed by atoms with Crippen molar-refractivity contribution in [3.05, 3.63) is 53.6 Å². The highest BCUT2D eigenvalue weighted by atomic mass is 16.5. The summed E-state index contributed by atoms with van der Waals surface area (Å²) in [4.78, 5) is 29.6. The Morgan fingerprint density at radius 3 is 2.59 bits per heavy atom. The summed E-state index contributed by atoms with van der Waals surface area (Å²) in [6.07, 6.45) is 4.17. The average molecular weight is 393 g/mol. The zero-order chi connectivity index (χ0) is 20.2. The lowest BCUT2D eigenvalue weighted by atomic mass is 10.00. The van der Waals surface area contributed by atoms with Gasteiger partial charge in [-0.15, -0.1) is 0 Å². The number of carbonyl (C=O) groups is 2. The van der Waals surface area contributed by atoms with Crippen molar-refractivity contribution in [3.63, 3.8) is 0 Å². The number of hydrogen-bond donors (Lipinski definition) is 1. The van der Waals surface area contributed by atoms with Crippen molar-refractivity contribution in [2.24, 2.45) is 0 Å². The van der Waals surface area contributed by atoms with E-state index in [9.17, 15) is 9.59 Å². The highest BCUT2D eigenvalue weighted by Gasteiger charge is 2.29. The number of urea groups is 1. The Hall–Kier alpha value is -2.86. The molecule has 4 rings (SSSR count). The molecule has 0 aromatic heterocycles. The number of anilines is 2. The number of ether oxygens (including phenoxy) is 1. The number of para-hydroxylation sites is 1. The van der Waals surface area contributed by atoms with Gasteiger partial charge in [-0.3, -0.25) is 9.69 Å². The highest BCUT2D eigenvalue weighted by molar-refractivity contribution is 6.05. The topological polar surface area (TPSA) is 61.9 Å². The van der Waals surface area contributed by atoms with Crippen LogP contribution in [-0.2, 0) is 6.54 Å². The van der Waals surface area contributed by atoms with Gasteiger partial charge in [0.2, 0.25) is 0 Å². The second kappa shape index (κ2) is 8.66. The maximum atomic E-state index is 13.0. The fourth-order valence-corrected chi connectivity index (χ4v) is 4.12. The molecule has 152 valence electrons. The molecule has 2 amide bonds. The van der Waals surface area contributed by atoms with E-state index in [1.165, 1.54) is 19.3 Å². The van der Waals surface area contributed by atoms with Gasteiger partial charge in [0.15, 0.2) is 5.78 Å². The van der Waals surface area contributed by atoms with E-state index in [1.54, 1.807) is 18.1 Å². The third-order valence-electron chi connectivity index (χ3n) is 5.71. The van der Waals surface area contributed by atoms with Crippen molar-refractivity contribution in [3.8, 4) is 5.75 Å². The number of Topliss-reactive ketones (excluding diaryl/α,β-unsaturated/α-hetero) is 1. The third kappa shape index (κ3) is 4.12. The Morgan fingerprint density at radius 1 is 1.10 bits per heavy atom. The molecule has 0 atom stereocenters. The lowest BCUT2D eigenvalue weighted by molar-refractivity contribution is 0.0958. The van der Waals surface area contributed by atoms with Gasteiger partial charge in [-0.2, -0.15) is 0 Å². The number of nitrogens with one attached hydrogen (secondary N) is 1. The lowest BCUT2D eigenvalue weighted by Gasteiger charge is -2.31. The summed E-state index contributed by atoms with van der Waals surface area (Å²) in [5.41, 5.74) is 2.93. The van der Waals surface area contributed by atoms with Crippen molar-refractivity contribution in [2.75, 3.05) is 31.6 Å². The van der Waals surface area contributed by atoms with Gasteiger partial charge in [-0.25, -0.2) is 4.79 Å². The van der Waals surface area contributed by atoms with Crippen LogP contribution >= 0.6 is 0 Å². The van der Waals surface area contributed by atoms with Crippen LogP contribution in [0.3, 0.4) is 0 Å². The Balaban J connectivity index is 1.64. The number of hydrogen-bond acceptors (Lipinski definition) is 4. The molecule has 2 aromatic carbocycles. The fraction of sp³-hybridized carbons (Fsp3) is 0.391. The van der Waals surface area contributed by atoms with E-state index in [0.717, 1.165) is 30.9 Å². The van der Waals surface area contributed by atoms with E-state index >= 15 is 0 Å². The molecular weight excluding hydrogens is 366 g/mol. The number of piperidine rings is 1. The van der Waals surface area contributed by atoms with Crippen LogP contribution in [0.25, 0.3) is 0 Å². The summed E-state index contributed by atoms with van der Waals surface area (Å²) in [5, 5.41) is 2.89. The van der Waals surface area contributed by atoms with Gasteiger partial charge in [0.05, 0.1) is 25.0 Å². The van der Waals surface area contributed by atoms with Crippen LogP contribution in [0, 0.1) is 0 Å². The minimum absolute atomic E-state index is 0.0793. The molecule has 2 heterocycles. The van der Waals surface area contributed by atoms with Gasteiger partial charge in [-0.1, -0.05) is 24.6 Å². The molecule has 2 aliphatic rings. The van der Waals surface area contributed by atoms with Crippen molar-refractivity contribution in [2.45, 2.75) is 32.2 Å². The van der Waals surface area contributed by atoms with Gasteiger partial charge < -0.3 is 15.0 Å². The Labute approximate surface area is 171 Å². The molecule has 1 fully saturated rings. The average Bonchev–Trinajstić information content (AvgIpc) is 2.77. The third-order valence-corrected chi connectivity index (χ3v) is 5.71. The Morgan fingerprint density at radius 2 is 1.86 bits per heavy atom. The first kappa shape index (κ1) is 19.5. The van der Waals surface area contributed by atoms with Crippen LogP contribution in [0.5, 0.6) is 5.75 Å². The summed E-state index contributed by atoms with van der Waals surface area (Å²) < 4.78 is 5.58. The predicted molar refractivity (Wildman–Crippen MR) is 113 cm³/mol. The lowest BCUT2D eigenvalue weighted by Crippen LogP contribution is -2.41. The van der Waals surface area contributed by atoms with E-state index in [1.807, 2.05) is 36.4 Å². The van der Waals surface area contributed by atoms with Crippen LogP contribution in [0.1, 0.15) is 41.6 Å². The molecule has 1 saturated heterocycles.